The van der Waals surface area contributed by atoms with Crippen molar-refractivity contribution in [1.29, 1.82) is 0 Å². The minimum atomic E-state index is -3.47. The van der Waals surface area contributed by atoms with Crippen molar-refractivity contribution in [1.82, 2.24) is 10.3 Å². The van der Waals surface area contributed by atoms with Crippen molar-refractivity contribution in [2.75, 3.05) is 17.6 Å². The van der Waals surface area contributed by atoms with Crippen molar-refractivity contribution in [3.63, 3.8) is 0 Å². The molecular weight excluding hydrogens is 426 g/mol. The lowest BCUT2D eigenvalue weighted by atomic mass is 9.47. The van der Waals surface area contributed by atoms with Gasteiger partial charge in [0.25, 0.3) is 0 Å². The van der Waals surface area contributed by atoms with Crippen molar-refractivity contribution in [2.24, 2.45) is 16.7 Å². The van der Waals surface area contributed by atoms with Crippen LogP contribution in [0.25, 0.3) is 0 Å². The smallest absolute Gasteiger partial charge is 0.231 e. The van der Waals surface area contributed by atoms with Gasteiger partial charge in [-0.25, -0.2) is 13.4 Å². The number of hydrogen-bond donors (Lipinski definition) is 4. The fraction of sp³-hybridized carbons (Fsp3) is 0.800. The molecule has 0 bridgehead atoms. The van der Waals surface area contributed by atoms with Gasteiger partial charge in [-0.3, -0.25) is 9.52 Å². The van der Waals surface area contributed by atoms with E-state index in [0.29, 0.717) is 24.4 Å². The van der Waals surface area contributed by atoms with E-state index in [9.17, 15) is 23.4 Å². The number of anilines is 1. The Morgan fingerprint density at radius 1 is 1.37 bits per heavy atom. The van der Waals surface area contributed by atoms with Gasteiger partial charge in [0.15, 0.2) is 5.13 Å². The highest BCUT2D eigenvalue weighted by Gasteiger charge is 2.59. The average molecular weight is 460 g/mol. The number of aliphatic hydroxyl groups is 2. The van der Waals surface area contributed by atoms with E-state index in [4.69, 9.17) is 0 Å². The van der Waals surface area contributed by atoms with Crippen LogP contribution in [-0.2, 0) is 21.2 Å². The van der Waals surface area contributed by atoms with Gasteiger partial charge in [0.1, 0.15) is 0 Å². The molecule has 1 amide bonds. The number of amides is 1. The molecule has 5 unspecified atom stereocenters. The zero-order valence-electron chi connectivity index (χ0n) is 18.2. The molecule has 1 saturated carbocycles. The topological polar surface area (TPSA) is 129 Å². The molecule has 1 aromatic heterocycles. The number of hydrogen-bond acceptors (Lipinski definition) is 7. The van der Waals surface area contributed by atoms with Gasteiger partial charge in [-0.05, 0) is 44.4 Å². The largest absolute Gasteiger partial charge is 0.396 e. The molecule has 4 N–H and O–H groups in total. The second-order valence-corrected chi connectivity index (χ2v) is 12.5. The van der Waals surface area contributed by atoms with E-state index in [1.54, 1.807) is 0 Å². The first kappa shape index (κ1) is 23.4. The van der Waals surface area contributed by atoms with Gasteiger partial charge in [-0.1, -0.05) is 13.8 Å². The second kappa shape index (κ2) is 8.03. The summed E-state index contributed by atoms with van der Waals surface area (Å²) in [5.74, 6) is -0.366. The third-order valence-electron chi connectivity index (χ3n) is 7.01. The maximum Gasteiger partial charge on any atom is 0.231 e. The number of thiazole rings is 1. The Bertz CT molecular complexity index is 916. The number of fused-ring (bicyclic) bond motifs is 2. The Balaban J connectivity index is 2.08. The number of sulfonamides is 1. The molecule has 2 aliphatic rings. The van der Waals surface area contributed by atoms with Crippen LogP contribution < -0.4 is 10.0 Å². The van der Waals surface area contributed by atoms with Crippen molar-refractivity contribution in [3.05, 3.63) is 10.6 Å². The number of carbonyl (C=O) groups is 1. The zero-order valence-corrected chi connectivity index (χ0v) is 19.9. The van der Waals surface area contributed by atoms with Crippen LogP contribution in [0.15, 0.2) is 0 Å². The van der Waals surface area contributed by atoms with Crippen LogP contribution in [0.2, 0.25) is 0 Å². The van der Waals surface area contributed by atoms with Gasteiger partial charge in [0, 0.05) is 28.7 Å². The summed E-state index contributed by atoms with van der Waals surface area (Å²) in [5.41, 5.74) is -0.291. The number of rotatable bonds is 6. The van der Waals surface area contributed by atoms with E-state index in [0.717, 1.165) is 16.8 Å². The Kier molecular flexibility index (Phi) is 6.28. The Hall–Kier alpha value is -1.23. The maximum atomic E-state index is 12.7. The van der Waals surface area contributed by atoms with Crippen molar-refractivity contribution in [3.8, 4) is 0 Å². The van der Waals surface area contributed by atoms with Crippen molar-refractivity contribution < 1.29 is 23.4 Å². The number of carbonyl (C=O) groups excluding carboxylic acids is 1. The minimum absolute atomic E-state index is 0.0120. The van der Waals surface area contributed by atoms with E-state index >= 15 is 0 Å². The molecule has 0 aliphatic heterocycles. The molecule has 5 atom stereocenters. The third-order valence-corrected chi connectivity index (χ3v) is 8.71. The van der Waals surface area contributed by atoms with E-state index in [1.807, 2.05) is 20.8 Å². The van der Waals surface area contributed by atoms with Crippen LogP contribution >= 0.6 is 11.3 Å². The van der Waals surface area contributed by atoms with Crippen molar-refractivity contribution >= 4 is 32.4 Å². The summed E-state index contributed by atoms with van der Waals surface area (Å²) >= 11 is 1.28. The summed E-state index contributed by atoms with van der Waals surface area (Å²) in [4.78, 5) is 18.3. The quantitative estimate of drug-likeness (QED) is 0.514. The number of aromatic nitrogens is 1. The highest BCUT2D eigenvalue weighted by molar-refractivity contribution is 7.92. The molecule has 1 heterocycles. The lowest BCUT2D eigenvalue weighted by Gasteiger charge is -2.58. The molecule has 8 nitrogen and oxygen atoms in total. The molecule has 30 heavy (non-hydrogen) atoms. The highest BCUT2D eigenvalue weighted by Crippen LogP contribution is 2.62. The van der Waals surface area contributed by atoms with E-state index < -0.39 is 21.5 Å². The monoisotopic (exact) mass is 459 g/mol. The Labute approximate surface area is 182 Å². The fourth-order valence-corrected chi connectivity index (χ4v) is 7.32. The molecule has 1 fully saturated rings. The Morgan fingerprint density at radius 3 is 2.60 bits per heavy atom. The van der Waals surface area contributed by atoms with Crippen LogP contribution in [0.5, 0.6) is 0 Å². The van der Waals surface area contributed by atoms with Crippen LogP contribution in [0, 0.1) is 16.7 Å². The van der Waals surface area contributed by atoms with E-state index in [-0.39, 0.29) is 42.2 Å². The number of aliphatic hydroxyl groups excluding tert-OH is 2. The molecule has 2 aliphatic carbocycles. The molecule has 10 heteroatoms. The predicted molar refractivity (Wildman–Crippen MR) is 117 cm³/mol. The van der Waals surface area contributed by atoms with Gasteiger partial charge < -0.3 is 15.5 Å². The lowest BCUT2D eigenvalue weighted by molar-refractivity contribution is -0.144. The summed E-state index contributed by atoms with van der Waals surface area (Å²) in [5, 5.41) is 24.2. The zero-order chi connectivity index (χ0) is 22.5. The SMILES string of the molecule is CC(C)NC(=O)CC1c2nc(NS(C)(=O)=O)sc2CC2C(C)(CO)C(O)CCC12C. The van der Waals surface area contributed by atoms with E-state index in [2.05, 4.69) is 21.9 Å². The van der Waals surface area contributed by atoms with E-state index in [1.165, 1.54) is 11.3 Å². The third kappa shape index (κ3) is 4.24. The summed E-state index contributed by atoms with van der Waals surface area (Å²) < 4.78 is 25.9. The van der Waals surface area contributed by atoms with Crippen LogP contribution in [-0.4, -0.2) is 54.5 Å². The second-order valence-electron chi connectivity index (χ2n) is 9.66. The normalized spacial score (nSPS) is 33.7. The molecule has 0 saturated heterocycles. The standard InChI is InChI=1S/C20H33N3O5S2/c1-11(2)21-16(26)8-12-17-13(29-18(22-17)23-30(5,27)28)9-14-19(12,3)7-6-15(25)20(14,4)10-24/h11-12,14-15,24-25H,6-10H2,1-5H3,(H,21,26)(H,22,23). The first-order chi connectivity index (χ1) is 13.8. The summed E-state index contributed by atoms with van der Waals surface area (Å²) in [6.45, 7) is 7.70. The predicted octanol–water partition coefficient (Wildman–Crippen LogP) is 1.84. The highest BCUT2D eigenvalue weighted by atomic mass is 32.2. The van der Waals surface area contributed by atoms with Gasteiger partial charge in [-0.15, -0.1) is 11.3 Å². The fourth-order valence-electron chi connectivity index (χ4n) is 5.41. The van der Waals surface area contributed by atoms with Gasteiger partial charge in [-0.2, -0.15) is 0 Å². The molecule has 0 spiro atoms. The Morgan fingerprint density at radius 2 is 2.03 bits per heavy atom. The first-order valence-corrected chi connectivity index (χ1v) is 13.1. The van der Waals surface area contributed by atoms with Gasteiger partial charge >= 0.3 is 0 Å². The molecule has 0 aromatic carbocycles. The molecular formula is C20H33N3O5S2. The van der Waals surface area contributed by atoms with Crippen LogP contribution in [0.1, 0.15) is 63.4 Å². The number of nitrogens with zero attached hydrogens (tertiary/aromatic N) is 1. The summed E-state index contributed by atoms with van der Waals surface area (Å²) in [6.07, 6.45) is 2.53. The summed E-state index contributed by atoms with van der Waals surface area (Å²) in [6, 6.07) is 0.0120. The van der Waals surface area contributed by atoms with Crippen LogP contribution in [0.4, 0.5) is 5.13 Å². The van der Waals surface area contributed by atoms with Crippen LogP contribution in [0.3, 0.4) is 0 Å². The average Bonchev–Trinajstić information content (AvgIpc) is 3.00. The molecule has 170 valence electrons. The molecule has 3 rings (SSSR count). The lowest BCUT2D eigenvalue weighted by Crippen LogP contribution is -2.57. The van der Waals surface area contributed by atoms with Gasteiger partial charge in [0.2, 0.25) is 15.9 Å². The van der Waals surface area contributed by atoms with Crippen molar-refractivity contribution in [2.45, 2.75) is 71.4 Å². The molecule has 1 aromatic rings. The first-order valence-electron chi connectivity index (χ1n) is 10.4. The maximum absolute atomic E-state index is 12.7. The molecule has 0 radical (unpaired) electrons. The summed E-state index contributed by atoms with van der Waals surface area (Å²) in [7, 11) is -3.47. The minimum Gasteiger partial charge on any atom is -0.396 e. The number of nitrogens with one attached hydrogen (secondary N) is 2. The van der Waals surface area contributed by atoms with Gasteiger partial charge in [0.05, 0.1) is 24.7 Å².